The molecular formula is C13H15FN2O2. The van der Waals surface area contributed by atoms with E-state index in [9.17, 15) is 9.18 Å². The second-order valence-corrected chi connectivity index (χ2v) is 3.49. The van der Waals surface area contributed by atoms with E-state index in [-0.39, 0.29) is 24.4 Å². The Balaban J connectivity index is 2.69. The first-order valence-electron chi connectivity index (χ1n) is 5.44. The third kappa shape index (κ3) is 4.53. The van der Waals surface area contributed by atoms with Crippen molar-refractivity contribution >= 4 is 11.6 Å². The van der Waals surface area contributed by atoms with Gasteiger partial charge in [-0.15, -0.1) is 0 Å². The number of benzene rings is 1. The molecule has 5 heteroatoms. The van der Waals surface area contributed by atoms with Crippen LogP contribution in [0.4, 0.5) is 10.1 Å². The molecule has 0 heterocycles. The standard InChI is InChI=1S/C13H15FN2O2/c1-18-8-6-13(17)16-11-5-4-10(3-2-7-15)12(14)9-11/h4-5,9H,6-8,15H2,1H3,(H,16,17). The average molecular weight is 250 g/mol. The number of carbonyl (C=O) groups is 1. The summed E-state index contributed by atoms with van der Waals surface area (Å²) in [7, 11) is 1.51. The maximum absolute atomic E-state index is 13.6. The van der Waals surface area contributed by atoms with Gasteiger partial charge in [-0.3, -0.25) is 4.79 Å². The topological polar surface area (TPSA) is 64.3 Å². The molecule has 1 aromatic rings. The lowest BCUT2D eigenvalue weighted by Crippen LogP contribution is -2.13. The van der Waals surface area contributed by atoms with Crippen molar-refractivity contribution in [2.45, 2.75) is 6.42 Å². The highest BCUT2D eigenvalue weighted by Crippen LogP contribution is 2.14. The molecule has 4 nitrogen and oxygen atoms in total. The Labute approximate surface area is 105 Å². The number of halogens is 1. The van der Waals surface area contributed by atoms with Crippen LogP contribution < -0.4 is 11.1 Å². The first-order chi connectivity index (χ1) is 8.67. The molecule has 0 radical (unpaired) electrons. The van der Waals surface area contributed by atoms with Crippen molar-refractivity contribution in [3.8, 4) is 11.8 Å². The highest BCUT2D eigenvalue weighted by atomic mass is 19.1. The molecule has 0 aromatic heterocycles. The van der Waals surface area contributed by atoms with Gasteiger partial charge in [-0.05, 0) is 18.2 Å². The van der Waals surface area contributed by atoms with Crippen molar-refractivity contribution in [2.24, 2.45) is 5.73 Å². The quantitative estimate of drug-likeness (QED) is 0.787. The van der Waals surface area contributed by atoms with Crippen molar-refractivity contribution in [1.29, 1.82) is 0 Å². The molecule has 1 amide bonds. The Hall–Kier alpha value is -1.90. The number of amides is 1. The van der Waals surface area contributed by atoms with Gasteiger partial charge in [-0.2, -0.15) is 0 Å². The zero-order chi connectivity index (χ0) is 13.4. The molecule has 96 valence electrons. The third-order valence-corrected chi connectivity index (χ3v) is 2.11. The van der Waals surface area contributed by atoms with Crippen LogP contribution >= 0.6 is 0 Å². The van der Waals surface area contributed by atoms with E-state index < -0.39 is 5.82 Å². The molecule has 0 spiro atoms. The van der Waals surface area contributed by atoms with E-state index in [0.717, 1.165) is 0 Å². The van der Waals surface area contributed by atoms with E-state index >= 15 is 0 Å². The molecule has 1 aromatic carbocycles. The average Bonchev–Trinajstić information content (AvgIpc) is 2.35. The monoisotopic (exact) mass is 250 g/mol. The number of methoxy groups -OCH3 is 1. The number of nitrogens with two attached hydrogens (primary N) is 1. The second kappa shape index (κ2) is 7.43. The number of ether oxygens (including phenoxy) is 1. The zero-order valence-corrected chi connectivity index (χ0v) is 10.1. The molecule has 0 atom stereocenters. The van der Waals surface area contributed by atoms with Crippen LogP contribution in [0.25, 0.3) is 0 Å². The first kappa shape index (κ1) is 14.2. The molecular weight excluding hydrogens is 235 g/mol. The SMILES string of the molecule is COCCC(=O)Nc1ccc(C#CCN)c(F)c1. The number of anilines is 1. The van der Waals surface area contributed by atoms with Gasteiger partial charge in [0.15, 0.2) is 0 Å². The van der Waals surface area contributed by atoms with Gasteiger partial charge in [-0.1, -0.05) is 11.8 Å². The van der Waals surface area contributed by atoms with Crippen molar-refractivity contribution in [2.75, 3.05) is 25.6 Å². The third-order valence-electron chi connectivity index (χ3n) is 2.11. The molecule has 0 aliphatic carbocycles. The largest absolute Gasteiger partial charge is 0.384 e. The van der Waals surface area contributed by atoms with Crippen LogP contribution in [-0.4, -0.2) is 26.2 Å². The number of carbonyl (C=O) groups excluding carboxylic acids is 1. The van der Waals surface area contributed by atoms with Crippen LogP contribution in [0.2, 0.25) is 0 Å². The fourth-order valence-electron chi connectivity index (χ4n) is 1.26. The maximum atomic E-state index is 13.6. The maximum Gasteiger partial charge on any atom is 0.226 e. The summed E-state index contributed by atoms with van der Waals surface area (Å²) in [4.78, 5) is 11.4. The van der Waals surface area contributed by atoms with E-state index in [1.54, 1.807) is 6.07 Å². The minimum atomic E-state index is -0.486. The highest BCUT2D eigenvalue weighted by molar-refractivity contribution is 5.90. The number of nitrogens with one attached hydrogen (secondary N) is 1. The van der Waals surface area contributed by atoms with Crippen LogP contribution in [0, 0.1) is 17.7 Å². The number of hydrogen-bond acceptors (Lipinski definition) is 3. The van der Waals surface area contributed by atoms with Gasteiger partial charge in [0.05, 0.1) is 25.1 Å². The Morgan fingerprint density at radius 3 is 2.94 bits per heavy atom. The fourth-order valence-corrected chi connectivity index (χ4v) is 1.26. The summed E-state index contributed by atoms with van der Waals surface area (Å²) in [5, 5.41) is 2.57. The summed E-state index contributed by atoms with van der Waals surface area (Å²) in [6, 6.07) is 4.32. The van der Waals surface area contributed by atoms with Crippen molar-refractivity contribution < 1.29 is 13.9 Å². The van der Waals surface area contributed by atoms with Gasteiger partial charge < -0.3 is 15.8 Å². The molecule has 1 rings (SSSR count). The normalized spacial score (nSPS) is 9.50. The minimum Gasteiger partial charge on any atom is -0.384 e. The molecule has 18 heavy (non-hydrogen) atoms. The summed E-state index contributed by atoms with van der Waals surface area (Å²) in [5.41, 5.74) is 5.86. The summed E-state index contributed by atoms with van der Waals surface area (Å²) in [6.45, 7) is 0.503. The van der Waals surface area contributed by atoms with Gasteiger partial charge in [0.25, 0.3) is 0 Å². The predicted octanol–water partition coefficient (Wildman–Crippen LogP) is 1.11. The Bertz CT molecular complexity index is 478. The number of rotatable bonds is 4. The summed E-state index contributed by atoms with van der Waals surface area (Å²) < 4.78 is 18.3. The molecule has 0 aliphatic rings. The van der Waals surface area contributed by atoms with E-state index in [0.29, 0.717) is 12.3 Å². The molecule has 0 aliphatic heterocycles. The Kier molecular flexibility index (Phi) is 5.85. The second-order valence-electron chi connectivity index (χ2n) is 3.49. The summed E-state index contributed by atoms with van der Waals surface area (Å²) >= 11 is 0. The van der Waals surface area contributed by atoms with Crippen LogP contribution in [0.3, 0.4) is 0 Å². The molecule has 3 N–H and O–H groups in total. The van der Waals surface area contributed by atoms with Crippen molar-refractivity contribution in [3.05, 3.63) is 29.6 Å². The Morgan fingerprint density at radius 1 is 1.56 bits per heavy atom. The lowest BCUT2D eigenvalue weighted by molar-refractivity contribution is -0.117. The molecule has 0 bridgehead atoms. The molecule has 0 saturated carbocycles. The lowest BCUT2D eigenvalue weighted by Gasteiger charge is -2.05. The highest BCUT2D eigenvalue weighted by Gasteiger charge is 2.05. The van der Waals surface area contributed by atoms with Gasteiger partial charge in [-0.25, -0.2) is 4.39 Å². The predicted molar refractivity (Wildman–Crippen MR) is 67.5 cm³/mol. The molecule has 0 unspecified atom stereocenters. The summed E-state index contributed by atoms with van der Waals surface area (Å²) in [5.74, 6) is 4.46. The molecule has 0 fully saturated rings. The summed E-state index contributed by atoms with van der Waals surface area (Å²) in [6.07, 6.45) is 0.229. The van der Waals surface area contributed by atoms with Crippen LogP contribution in [-0.2, 0) is 9.53 Å². The zero-order valence-electron chi connectivity index (χ0n) is 10.1. The van der Waals surface area contributed by atoms with Gasteiger partial charge in [0, 0.05) is 12.8 Å². The number of hydrogen-bond donors (Lipinski definition) is 2. The minimum absolute atomic E-state index is 0.176. The first-order valence-corrected chi connectivity index (χ1v) is 5.44. The van der Waals surface area contributed by atoms with Crippen molar-refractivity contribution in [1.82, 2.24) is 0 Å². The van der Waals surface area contributed by atoms with E-state index in [1.165, 1.54) is 19.2 Å². The van der Waals surface area contributed by atoms with Crippen LogP contribution in [0.5, 0.6) is 0 Å². The molecule has 0 saturated heterocycles. The smallest absolute Gasteiger partial charge is 0.226 e. The van der Waals surface area contributed by atoms with Crippen molar-refractivity contribution in [3.63, 3.8) is 0 Å². The van der Waals surface area contributed by atoms with E-state index in [4.69, 9.17) is 10.5 Å². The van der Waals surface area contributed by atoms with Gasteiger partial charge >= 0.3 is 0 Å². The van der Waals surface area contributed by atoms with Crippen LogP contribution in [0.15, 0.2) is 18.2 Å². The fraction of sp³-hybridized carbons (Fsp3) is 0.308. The van der Waals surface area contributed by atoms with E-state index in [2.05, 4.69) is 17.2 Å². The van der Waals surface area contributed by atoms with E-state index in [1.807, 2.05) is 0 Å². The van der Waals surface area contributed by atoms with Crippen LogP contribution in [0.1, 0.15) is 12.0 Å². The Morgan fingerprint density at radius 2 is 2.33 bits per heavy atom. The van der Waals surface area contributed by atoms with Gasteiger partial charge in [0.2, 0.25) is 5.91 Å². The lowest BCUT2D eigenvalue weighted by atomic mass is 10.2. The van der Waals surface area contributed by atoms with Gasteiger partial charge in [0.1, 0.15) is 5.82 Å².